The third-order valence-electron chi connectivity index (χ3n) is 8.51. The molecule has 0 saturated carbocycles. The van der Waals surface area contributed by atoms with Crippen LogP contribution in [0.1, 0.15) is 75.2 Å². The number of halogens is 2. The van der Waals surface area contributed by atoms with Crippen molar-refractivity contribution in [2.24, 2.45) is 0 Å². The quantitative estimate of drug-likeness (QED) is 0.252. The normalized spacial score (nSPS) is 13.8. The number of nitrogens with two attached hydrogens (primary N) is 1. The van der Waals surface area contributed by atoms with Crippen LogP contribution in [0, 0.1) is 11.6 Å². The minimum atomic E-state index is -0.537. The van der Waals surface area contributed by atoms with Crippen molar-refractivity contribution in [1.82, 2.24) is 29.4 Å². The van der Waals surface area contributed by atoms with Crippen LogP contribution >= 0.6 is 0 Å². The van der Waals surface area contributed by atoms with Gasteiger partial charge in [-0.25, -0.2) is 18.4 Å². The number of nitrogen functional groups attached to an aromatic ring is 1. The molecule has 4 heterocycles. The van der Waals surface area contributed by atoms with Gasteiger partial charge in [-0.15, -0.1) is 0 Å². The summed E-state index contributed by atoms with van der Waals surface area (Å²) in [5.74, 6) is 0.866. The molecule has 6 rings (SSSR count). The molecule has 3 N–H and O–H groups in total. The van der Waals surface area contributed by atoms with Crippen molar-refractivity contribution >= 4 is 23.8 Å². The van der Waals surface area contributed by atoms with Gasteiger partial charge in [-0.3, -0.25) is 9.36 Å². The number of aromatic nitrogens is 4. The van der Waals surface area contributed by atoms with E-state index in [-0.39, 0.29) is 23.8 Å². The number of aliphatic hydroxyl groups is 1. The van der Waals surface area contributed by atoms with E-state index >= 15 is 0 Å². The van der Waals surface area contributed by atoms with Crippen LogP contribution in [0.4, 0.5) is 30.0 Å². The molecule has 0 atom stereocenters. The Morgan fingerprint density at radius 1 is 0.722 bits per heavy atom. The Morgan fingerprint density at radius 3 is 1.52 bits per heavy atom. The van der Waals surface area contributed by atoms with Gasteiger partial charge in [-0.1, -0.05) is 24.3 Å². The predicted molar refractivity (Wildman–Crippen MR) is 203 cm³/mol. The van der Waals surface area contributed by atoms with E-state index in [0.717, 1.165) is 53.0 Å². The number of amides is 2. The molecular formula is C39H54F2N8O5. The van der Waals surface area contributed by atoms with E-state index < -0.39 is 11.2 Å². The molecule has 0 fully saturated rings. The van der Waals surface area contributed by atoms with E-state index in [1.807, 2.05) is 65.2 Å². The molecular weight excluding hydrogens is 698 g/mol. The van der Waals surface area contributed by atoms with Crippen molar-refractivity contribution in [2.75, 3.05) is 44.9 Å². The standard InChI is InChI=1S/C20H27FN4O2.C18H23FN4O2.CH4O/c1-20(2,3)27-19(26)24-11-10-16-17(13-24)25(22-18(16)23(4)5)12-14-6-8-15(21)9-7-14;1-18(2,3)25-17(24)22-9-8-14-15(11-22)23(21-16(14)20)10-12-4-6-13(19)7-5-12;1-2/h6-9H,10-13H2,1-5H3;4-7H,8-11H2,1-3H3,(H2,20,21);2H,1H3. The van der Waals surface area contributed by atoms with Gasteiger partial charge in [0, 0.05) is 45.4 Å². The molecule has 0 bridgehead atoms. The largest absolute Gasteiger partial charge is 0.444 e. The molecule has 15 heteroatoms. The lowest BCUT2D eigenvalue weighted by molar-refractivity contribution is 0.0209. The Hall–Kier alpha value is -5.18. The summed E-state index contributed by atoms with van der Waals surface area (Å²) < 4.78 is 40.9. The van der Waals surface area contributed by atoms with E-state index in [0.29, 0.717) is 51.5 Å². The summed E-state index contributed by atoms with van der Waals surface area (Å²) in [6.45, 7) is 14.1. The zero-order chi connectivity index (χ0) is 40.0. The lowest BCUT2D eigenvalue weighted by Gasteiger charge is -2.30. The number of aliphatic hydroxyl groups excluding tert-OH is 1. The fraction of sp³-hybridized carbons (Fsp3) is 0.487. The van der Waals surface area contributed by atoms with E-state index in [1.54, 1.807) is 38.7 Å². The maximum atomic E-state index is 13.2. The number of carbonyl (C=O) groups is 2. The monoisotopic (exact) mass is 752 g/mol. The van der Waals surface area contributed by atoms with Gasteiger partial charge in [0.2, 0.25) is 0 Å². The first-order chi connectivity index (χ1) is 25.4. The first-order valence-corrected chi connectivity index (χ1v) is 17.9. The van der Waals surface area contributed by atoms with E-state index in [4.69, 9.17) is 25.4 Å². The number of fused-ring (bicyclic) bond motifs is 2. The highest BCUT2D eigenvalue weighted by Crippen LogP contribution is 2.30. The smallest absolute Gasteiger partial charge is 0.410 e. The molecule has 2 aliphatic heterocycles. The van der Waals surface area contributed by atoms with Crippen molar-refractivity contribution < 1.29 is 33.0 Å². The average Bonchev–Trinajstić information content (AvgIpc) is 3.62. The Labute approximate surface area is 316 Å². The molecule has 54 heavy (non-hydrogen) atoms. The summed E-state index contributed by atoms with van der Waals surface area (Å²) >= 11 is 0. The van der Waals surface area contributed by atoms with Crippen molar-refractivity contribution in [3.05, 3.63) is 93.8 Å². The number of nitrogens with zero attached hydrogens (tertiary/aromatic N) is 7. The molecule has 2 aliphatic rings. The van der Waals surface area contributed by atoms with Gasteiger partial charge in [-0.05, 0) is 89.8 Å². The van der Waals surface area contributed by atoms with Gasteiger partial charge in [0.1, 0.15) is 28.7 Å². The molecule has 4 aromatic rings. The molecule has 2 aromatic heterocycles. The van der Waals surface area contributed by atoms with Crippen molar-refractivity contribution in [3.8, 4) is 0 Å². The summed E-state index contributed by atoms with van der Waals surface area (Å²) in [7, 11) is 4.93. The molecule has 2 aromatic carbocycles. The summed E-state index contributed by atoms with van der Waals surface area (Å²) in [4.78, 5) is 30.2. The molecule has 0 saturated heterocycles. The van der Waals surface area contributed by atoms with E-state index in [2.05, 4.69) is 5.10 Å². The summed E-state index contributed by atoms with van der Waals surface area (Å²) in [5.41, 5.74) is 10.9. The Bertz CT molecular complexity index is 1880. The first-order valence-electron chi connectivity index (χ1n) is 17.9. The second-order valence-corrected chi connectivity index (χ2v) is 15.3. The van der Waals surface area contributed by atoms with E-state index in [9.17, 15) is 18.4 Å². The number of hydrogen-bond acceptors (Lipinski definition) is 9. The molecule has 0 radical (unpaired) electrons. The van der Waals surface area contributed by atoms with Crippen LogP contribution < -0.4 is 10.6 Å². The highest BCUT2D eigenvalue weighted by molar-refractivity contribution is 5.69. The lowest BCUT2D eigenvalue weighted by atomic mass is 10.1. The van der Waals surface area contributed by atoms with Gasteiger partial charge >= 0.3 is 12.2 Å². The zero-order valence-corrected chi connectivity index (χ0v) is 32.8. The minimum Gasteiger partial charge on any atom is -0.444 e. The summed E-state index contributed by atoms with van der Waals surface area (Å²) in [6, 6.07) is 12.7. The second kappa shape index (κ2) is 17.3. The molecule has 0 spiro atoms. The van der Waals surface area contributed by atoms with Crippen LogP contribution in [-0.2, 0) is 48.5 Å². The topological polar surface area (TPSA) is 144 Å². The third kappa shape index (κ3) is 10.9. The maximum Gasteiger partial charge on any atom is 0.410 e. The second-order valence-electron chi connectivity index (χ2n) is 15.3. The van der Waals surface area contributed by atoms with Crippen LogP contribution in [0.3, 0.4) is 0 Å². The molecule has 13 nitrogen and oxygen atoms in total. The van der Waals surface area contributed by atoms with E-state index in [1.165, 1.54) is 24.3 Å². The van der Waals surface area contributed by atoms with Crippen LogP contribution in [0.25, 0.3) is 0 Å². The van der Waals surface area contributed by atoms with Gasteiger partial charge in [-0.2, -0.15) is 10.2 Å². The SMILES string of the molecule is CC(C)(C)OC(=O)N1CCc2c(N)nn(Cc3ccc(F)cc3)c2C1.CN(C)c1nn(Cc2ccc(F)cc2)c2c1CCN(C(=O)OC(C)(C)C)C2.CO. The predicted octanol–water partition coefficient (Wildman–Crippen LogP) is 5.98. The number of rotatable bonds is 5. The van der Waals surface area contributed by atoms with Crippen molar-refractivity contribution in [3.63, 3.8) is 0 Å². The number of anilines is 2. The van der Waals surface area contributed by atoms with Crippen LogP contribution in [0.5, 0.6) is 0 Å². The number of carbonyl (C=O) groups excluding carboxylic acids is 2. The Kier molecular flexibility index (Phi) is 13.3. The number of hydrogen-bond donors (Lipinski definition) is 2. The Balaban J connectivity index is 0.000000231. The number of ether oxygens (including phenoxy) is 2. The minimum absolute atomic E-state index is 0.258. The molecule has 294 valence electrons. The lowest BCUT2D eigenvalue weighted by Crippen LogP contribution is -2.40. The summed E-state index contributed by atoms with van der Waals surface area (Å²) in [6.07, 6.45) is 0.718. The van der Waals surface area contributed by atoms with Gasteiger partial charge < -0.3 is 35.0 Å². The van der Waals surface area contributed by atoms with Gasteiger partial charge in [0.25, 0.3) is 0 Å². The van der Waals surface area contributed by atoms with Gasteiger partial charge in [0.15, 0.2) is 5.82 Å². The van der Waals surface area contributed by atoms with Crippen LogP contribution in [0.2, 0.25) is 0 Å². The highest BCUT2D eigenvalue weighted by Gasteiger charge is 2.32. The van der Waals surface area contributed by atoms with Crippen molar-refractivity contribution in [1.29, 1.82) is 0 Å². The maximum absolute atomic E-state index is 13.2. The number of benzene rings is 2. The van der Waals surface area contributed by atoms with Crippen LogP contribution in [-0.4, -0.2) is 92.2 Å². The molecule has 0 unspecified atom stereocenters. The first kappa shape index (κ1) is 41.6. The van der Waals surface area contributed by atoms with Crippen molar-refractivity contribution in [2.45, 2.75) is 91.8 Å². The Morgan fingerprint density at radius 2 is 1.11 bits per heavy atom. The average molecular weight is 753 g/mol. The fourth-order valence-electron chi connectivity index (χ4n) is 6.08. The fourth-order valence-corrected chi connectivity index (χ4v) is 6.08. The third-order valence-corrected chi connectivity index (χ3v) is 8.51. The molecule has 2 amide bonds. The van der Waals surface area contributed by atoms with Gasteiger partial charge in [0.05, 0.1) is 37.6 Å². The van der Waals surface area contributed by atoms with Crippen LogP contribution in [0.15, 0.2) is 48.5 Å². The summed E-state index contributed by atoms with van der Waals surface area (Å²) in [5, 5.41) is 16.1. The highest BCUT2D eigenvalue weighted by atomic mass is 19.1. The molecule has 0 aliphatic carbocycles. The zero-order valence-electron chi connectivity index (χ0n) is 32.8.